The van der Waals surface area contributed by atoms with Crippen LogP contribution in [0.3, 0.4) is 0 Å². The molecular formula is C20H34IN5O2. The van der Waals surface area contributed by atoms with Crippen LogP contribution in [0.4, 0.5) is 0 Å². The van der Waals surface area contributed by atoms with Gasteiger partial charge in [-0.3, -0.25) is 14.7 Å². The average molecular weight is 503 g/mol. The molecule has 0 radical (unpaired) electrons. The second-order valence-corrected chi connectivity index (χ2v) is 7.32. The van der Waals surface area contributed by atoms with E-state index in [9.17, 15) is 4.79 Å². The van der Waals surface area contributed by atoms with E-state index in [4.69, 9.17) is 9.41 Å². The Balaban J connectivity index is 0.00000280. The molecular weight excluding hydrogens is 469 g/mol. The normalized spacial score (nSPS) is 19.9. The molecule has 158 valence electrons. The Morgan fingerprint density at radius 3 is 2.39 bits per heavy atom. The Labute approximate surface area is 185 Å². The van der Waals surface area contributed by atoms with Crippen molar-refractivity contribution in [2.75, 3.05) is 52.4 Å². The van der Waals surface area contributed by atoms with E-state index in [2.05, 4.69) is 28.1 Å². The van der Waals surface area contributed by atoms with Crippen LogP contribution in [0, 0.1) is 0 Å². The number of halogens is 1. The van der Waals surface area contributed by atoms with Crippen LogP contribution in [0.15, 0.2) is 27.8 Å². The third-order valence-electron chi connectivity index (χ3n) is 5.48. The number of likely N-dealkylation sites (tertiary alicyclic amines) is 1. The molecule has 8 heteroatoms. The molecule has 3 heterocycles. The molecule has 2 saturated heterocycles. The zero-order valence-electron chi connectivity index (χ0n) is 17.1. The van der Waals surface area contributed by atoms with Gasteiger partial charge in [0.15, 0.2) is 5.96 Å². The lowest BCUT2D eigenvalue weighted by molar-refractivity contribution is -0.130. The highest BCUT2D eigenvalue weighted by Crippen LogP contribution is 2.25. The van der Waals surface area contributed by atoms with Crippen LogP contribution in [-0.4, -0.2) is 78.9 Å². The molecule has 1 N–H and O–H groups in total. The largest absolute Gasteiger partial charge is 0.468 e. The molecule has 28 heavy (non-hydrogen) atoms. The van der Waals surface area contributed by atoms with Gasteiger partial charge in [-0.15, -0.1) is 24.0 Å². The first-order valence-corrected chi connectivity index (χ1v) is 10.2. The van der Waals surface area contributed by atoms with Crippen molar-refractivity contribution in [1.29, 1.82) is 0 Å². The monoisotopic (exact) mass is 503 g/mol. The Morgan fingerprint density at radius 2 is 1.82 bits per heavy atom. The van der Waals surface area contributed by atoms with Crippen molar-refractivity contribution in [1.82, 2.24) is 20.0 Å². The number of nitrogens with one attached hydrogen (secondary N) is 1. The van der Waals surface area contributed by atoms with Gasteiger partial charge >= 0.3 is 0 Å². The molecule has 1 amide bonds. The first kappa shape index (κ1) is 23.0. The number of furan rings is 1. The summed E-state index contributed by atoms with van der Waals surface area (Å²) in [7, 11) is 0. The van der Waals surface area contributed by atoms with E-state index < -0.39 is 0 Å². The summed E-state index contributed by atoms with van der Waals surface area (Å²) in [6, 6.07) is 4.21. The molecule has 0 aromatic carbocycles. The molecule has 1 unspecified atom stereocenters. The number of piperazine rings is 1. The molecule has 0 saturated carbocycles. The van der Waals surface area contributed by atoms with E-state index in [1.54, 1.807) is 13.2 Å². The van der Waals surface area contributed by atoms with E-state index in [0.717, 1.165) is 57.5 Å². The van der Waals surface area contributed by atoms with Crippen molar-refractivity contribution in [3.63, 3.8) is 0 Å². The molecule has 7 nitrogen and oxygen atoms in total. The highest BCUT2D eigenvalue weighted by Gasteiger charge is 2.26. The fourth-order valence-corrected chi connectivity index (χ4v) is 3.93. The van der Waals surface area contributed by atoms with Gasteiger partial charge in [-0.2, -0.15) is 0 Å². The quantitative estimate of drug-likeness (QED) is 0.380. The first-order valence-electron chi connectivity index (χ1n) is 10.2. The van der Waals surface area contributed by atoms with Crippen molar-refractivity contribution in [3.05, 3.63) is 24.2 Å². The van der Waals surface area contributed by atoms with Crippen molar-refractivity contribution in [2.24, 2.45) is 4.99 Å². The maximum atomic E-state index is 11.6. The van der Waals surface area contributed by atoms with Gasteiger partial charge in [0.25, 0.3) is 0 Å². The average Bonchev–Trinajstić information content (AvgIpc) is 3.23. The highest BCUT2D eigenvalue weighted by molar-refractivity contribution is 14.0. The van der Waals surface area contributed by atoms with Crippen LogP contribution >= 0.6 is 24.0 Å². The molecule has 1 aromatic rings. The number of nitrogens with zero attached hydrogens (tertiary/aromatic N) is 4. The first-order chi connectivity index (χ1) is 13.2. The van der Waals surface area contributed by atoms with E-state index >= 15 is 0 Å². The standard InChI is InChI=1S/C20H33N5O2.HI/c1-3-21-20(25-13-11-23(12-14-25)17(2)26)22-16-18(19-8-7-15-27-19)24-9-5-4-6-10-24;/h7-8,15,18H,3-6,9-14,16H2,1-2H3,(H,21,22);1H. The number of carbonyl (C=O) groups is 1. The summed E-state index contributed by atoms with van der Waals surface area (Å²) in [5, 5.41) is 3.42. The number of carbonyl (C=O) groups excluding carboxylic acids is 1. The summed E-state index contributed by atoms with van der Waals surface area (Å²) in [5.41, 5.74) is 0. The Bertz CT molecular complexity index is 608. The minimum Gasteiger partial charge on any atom is -0.468 e. The molecule has 2 fully saturated rings. The molecule has 0 spiro atoms. The van der Waals surface area contributed by atoms with Crippen molar-refractivity contribution >= 4 is 35.8 Å². The van der Waals surface area contributed by atoms with Crippen LogP contribution in [0.2, 0.25) is 0 Å². The van der Waals surface area contributed by atoms with Crippen molar-refractivity contribution in [2.45, 2.75) is 39.2 Å². The SMILES string of the molecule is CCNC(=NCC(c1ccco1)N1CCCCC1)N1CCN(C(C)=O)CC1.I. The molecule has 2 aliphatic heterocycles. The zero-order valence-corrected chi connectivity index (χ0v) is 19.4. The lowest BCUT2D eigenvalue weighted by Gasteiger charge is -2.37. The van der Waals surface area contributed by atoms with Crippen LogP contribution in [-0.2, 0) is 4.79 Å². The number of rotatable bonds is 5. The van der Waals surface area contributed by atoms with Crippen LogP contribution in [0.25, 0.3) is 0 Å². The second kappa shape index (κ2) is 11.6. The van der Waals surface area contributed by atoms with Gasteiger partial charge in [-0.25, -0.2) is 0 Å². The lowest BCUT2D eigenvalue weighted by atomic mass is 10.1. The number of guanidine groups is 1. The predicted molar refractivity (Wildman–Crippen MR) is 122 cm³/mol. The number of piperidine rings is 1. The minimum absolute atomic E-state index is 0. The van der Waals surface area contributed by atoms with Crippen molar-refractivity contribution in [3.8, 4) is 0 Å². The highest BCUT2D eigenvalue weighted by atomic mass is 127. The second-order valence-electron chi connectivity index (χ2n) is 7.32. The van der Waals surface area contributed by atoms with Gasteiger partial charge in [0.05, 0.1) is 18.8 Å². The molecule has 1 atom stereocenters. The van der Waals surface area contributed by atoms with E-state index in [1.165, 1.54) is 19.3 Å². The Hall–Kier alpha value is -1.29. The molecule has 1 aromatic heterocycles. The van der Waals surface area contributed by atoms with Crippen LogP contribution in [0.1, 0.15) is 44.9 Å². The topological polar surface area (TPSA) is 64.3 Å². The maximum Gasteiger partial charge on any atom is 0.219 e. The smallest absolute Gasteiger partial charge is 0.219 e. The van der Waals surface area contributed by atoms with E-state index in [0.29, 0.717) is 6.54 Å². The van der Waals surface area contributed by atoms with Gasteiger partial charge in [-0.1, -0.05) is 6.42 Å². The third kappa shape index (κ3) is 6.10. The fraction of sp³-hybridized carbons (Fsp3) is 0.700. The van der Waals surface area contributed by atoms with Gasteiger partial charge in [0.2, 0.25) is 5.91 Å². The summed E-state index contributed by atoms with van der Waals surface area (Å²) in [4.78, 5) is 23.2. The Kier molecular flexibility index (Phi) is 9.57. The summed E-state index contributed by atoms with van der Waals surface area (Å²) in [5.74, 6) is 2.09. The molecule has 3 rings (SSSR count). The number of hydrogen-bond acceptors (Lipinski definition) is 4. The summed E-state index contributed by atoms with van der Waals surface area (Å²) in [6.07, 6.45) is 5.55. The van der Waals surface area contributed by atoms with Gasteiger partial charge < -0.3 is 19.5 Å². The molecule has 2 aliphatic rings. The lowest BCUT2D eigenvalue weighted by Crippen LogP contribution is -2.53. The third-order valence-corrected chi connectivity index (χ3v) is 5.48. The van der Waals surface area contributed by atoms with E-state index in [-0.39, 0.29) is 35.9 Å². The maximum absolute atomic E-state index is 11.6. The summed E-state index contributed by atoms with van der Waals surface area (Å²) in [6.45, 7) is 10.6. The zero-order chi connectivity index (χ0) is 19.1. The van der Waals surface area contributed by atoms with Crippen LogP contribution in [0.5, 0.6) is 0 Å². The van der Waals surface area contributed by atoms with Gasteiger partial charge in [0.1, 0.15) is 5.76 Å². The van der Waals surface area contributed by atoms with Gasteiger partial charge in [0, 0.05) is 39.6 Å². The predicted octanol–water partition coefficient (Wildman–Crippen LogP) is 2.55. The molecule has 0 aliphatic carbocycles. The minimum atomic E-state index is 0. The Morgan fingerprint density at radius 1 is 1.14 bits per heavy atom. The van der Waals surface area contributed by atoms with E-state index in [1.807, 2.05) is 11.0 Å². The number of amides is 1. The van der Waals surface area contributed by atoms with Gasteiger partial charge in [-0.05, 0) is 45.0 Å². The van der Waals surface area contributed by atoms with Crippen LogP contribution < -0.4 is 5.32 Å². The summed E-state index contributed by atoms with van der Waals surface area (Å²) >= 11 is 0. The number of hydrogen-bond donors (Lipinski definition) is 1. The van der Waals surface area contributed by atoms with Crippen molar-refractivity contribution < 1.29 is 9.21 Å². The summed E-state index contributed by atoms with van der Waals surface area (Å²) < 4.78 is 5.74. The number of aliphatic imine (C=N–C) groups is 1. The fourth-order valence-electron chi connectivity index (χ4n) is 3.93. The molecule has 0 bridgehead atoms.